The van der Waals surface area contributed by atoms with Gasteiger partial charge in [0.05, 0.1) is 23.6 Å². The fraction of sp³-hybridized carbons (Fsp3) is 0.333. The molecule has 0 saturated carbocycles. The predicted octanol–water partition coefficient (Wildman–Crippen LogP) is 3.19. The van der Waals surface area contributed by atoms with E-state index in [1.54, 1.807) is 26.0 Å². The molecule has 0 amide bonds. The van der Waals surface area contributed by atoms with E-state index in [9.17, 15) is 0 Å². The number of methoxy groups -OCH3 is 2. The Kier molecular flexibility index (Phi) is 3.93. The minimum absolute atomic E-state index is 0.824. The molecular formula is C9H11BrO2S. The minimum Gasteiger partial charge on any atom is -0.496 e. The molecule has 0 radical (unpaired) electrons. The van der Waals surface area contributed by atoms with E-state index >= 15 is 0 Å². The SMILES string of the molecule is COc1ccc(OC)c(SC)c1Br. The van der Waals surface area contributed by atoms with Gasteiger partial charge in [-0.05, 0) is 34.3 Å². The number of benzene rings is 1. The molecule has 2 nitrogen and oxygen atoms in total. The lowest BCUT2D eigenvalue weighted by Crippen LogP contribution is -1.90. The molecule has 1 aromatic carbocycles. The van der Waals surface area contributed by atoms with Gasteiger partial charge >= 0.3 is 0 Å². The Morgan fingerprint density at radius 1 is 1.15 bits per heavy atom. The summed E-state index contributed by atoms with van der Waals surface area (Å²) in [5.74, 6) is 1.69. The molecule has 13 heavy (non-hydrogen) atoms. The Morgan fingerprint density at radius 2 is 1.69 bits per heavy atom. The molecule has 72 valence electrons. The fourth-order valence-electron chi connectivity index (χ4n) is 1.03. The topological polar surface area (TPSA) is 18.5 Å². The second-order valence-electron chi connectivity index (χ2n) is 2.32. The molecule has 0 heterocycles. The molecule has 0 fully saturated rings. The maximum absolute atomic E-state index is 5.21. The zero-order chi connectivity index (χ0) is 9.84. The van der Waals surface area contributed by atoms with Crippen molar-refractivity contribution in [3.05, 3.63) is 16.6 Å². The molecular weight excluding hydrogens is 252 g/mol. The molecule has 1 rings (SSSR count). The number of thioether (sulfide) groups is 1. The van der Waals surface area contributed by atoms with Gasteiger partial charge < -0.3 is 9.47 Å². The standard InChI is InChI=1S/C9H11BrO2S/c1-11-6-4-5-7(12-2)9(13-3)8(6)10/h4-5H,1-3H3. The molecule has 0 aliphatic rings. The summed E-state index contributed by atoms with van der Waals surface area (Å²) in [4.78, 5) is 1.06. The van der Waals surface area contributed by atoms with Crippen LogP contribution in [0.15, 0.2) is 21.5 Å². The van der Waals surface area contributed by atoms with Crippen molar-refractivity contribution in [2.45, 2.75) is 4.90 Å². The number of hydrogen-bond acceptors (Lipinski definition) is 3. The van der Waals surface area contributed by atoms with Gasteiger partial charge in [-0.3, -0.25) is 0 Å². The second kappa shape index (κ2) is 4.77. The first kappa shape index (κ1) is 10.7. The largest absolute Gasteiger partial charge is 0.496 e. The van der Waals surface area contributed by atoms with Gasteiger partial charge in [-0.1, -0.05) is 0 Å². The molecule has 0 aliphatic carbocycles. The summed E-state index contributed by atoms with van der Waals surface area (Å²) >= 11 is 5.09. The van der Waals surface area contributed by atoms with Gasteiger partial charge in [0, 0.05) is 0 Å². The van der Waals surface area contributed by atoms with Gasteiger partial charge in [-0.2, -0.15) is 0 Å². The highest BCUT2D eigenvalue weighted by Gasteiger charge is 2.10. The third-order valence-corrected chi connectivity index (χ3v) is 3.53. The Balaban J connectivity index is 3.23. The van der Waals surface area contributed by atoms with Crippen molar-refractivity contribution in [1.29, 1.82) is 0 Å². The van der Waals surface area contributed by atoms with Crippen molar-refractivity contribution in [3.8, 4) is 11.5 Å². The minimum atomic E-state index is 0.824. The van der Waals surface area contributed by atoms with Crippen LogP contribution < -0.4 is 9.47 Å². The second-order valence-corrected chi connectivity index (χ2v) is 3.93. The van der Waals surface area contributed by atoms with E-state index in [4.69, 9.17) is 9.47 Å². The highest BCUT2D eigenvalue weighted by Crippen LogP contribution is 2.40. The summed E-state index contributed by atoms with van der Waals surface area (Å²) < 4.78 is 11.3. The lowest BCUT2D eigenvalue weighted by Gasteiger charge is -2.11. The lowest BCUT2D eigenvalue weighted by molar-refractivity contribution is 0.391. The van der Waals surface area contributed by atoms with Crippen molar-refractivity contribution in [2.75, 3.05) is 20.5 Å². The number of halogens is 1. The summed E-state index contributed by atoms with van der Waals surface area (Å²) in [5, 5.41) is 0. The zero-order valence-electron chi connectivity index (χ0n) is 7.76. The van der Waals surface area contributed by atoms with E-state index in [2.05, 4.69) is 15.9 Å². The number of hydrogen-bond donors (Lipinski definition) is 0. The molecule has 0 unspecified atom stereocenters. The Hall–Kier alpha value is -0.350. The van der Waals surface area contributed by atoms with Crippen LogP contribution in [0.4, 0.5) is 0 Å². The van der Waals surface area contributed by atoms with E-state index < -0.39 is 0 Å². The average molecular weight is 263 g/mol. The molecule has 0 saturated heterocycles. The van der Waals surface area contributed by atoms with Crippen LogP contribution in [0, 0.1) is 0 Å². The van der Waals surface area contributed by atoms with E-state index in [1.807, 2.05) is 18.4 Å². The van der Waals surface area contributed by atoms with Gasteiger partial charge in [-0.15, -0.1) is 11.8 Å². The molecule has 1 aromatic rings. The van der Waals surface area contributed by atoms with Crippen LogP contribution in [0.2, 0.25) is 0 Å². The highest BCUT2D eigenvalue weighted by molar-refractivity contribution is 9.10. The van der Waals surface area contributed by atoms with Crippen molar-refractivity contribution in [2.24, 2.45) is 0 Å². The van der Waals surface area contributed by atoms with E-state index in [1.165, 1.54) is 0 Å². The van der Waals surface area contributed by atoms with Crippen LogP contribution in [0.3, 0.4) is 0 Å². The van der Waals surface area contributed by atoms with Gasteiger partial charge in [0.2, 0.25) is 0 Å². The van der Waals surface area contributed by atoms with Crippen LogP contribution >= 0.6 is 27.7 Å². The van der Waals surface area contributed by atoms with Crippen LogP contribution in [0.25, 0.3) is 0 Å². The predicted molar refractivity (Wildman–Crippen MR) is 59.0 cm³/mol. The zero-order valence-corrected chi connectivity index (χ0v) is 10.2. The summed E-state index contributed by atoms with van der Waals surface area (Å²) in [5.41, 5.74) is 0. The van der Waals surface area contributed by atoms with Gasteiger partial charge in [-0.25, -0.2) is 0 Å². The monoisotopic (exact) mass is 262 g/mol. The van der Waals surface area contributed by atoms with Crippen LogP contribution in [0.5, 0.6) is 11.5 Å². The van der Waals surface area contributed by atoms with Gasteiger partial charge in [0.1, 0.15) is 11.5 Å². The maximum Gasteiger partial charge on any atom is 0.134 e. The first-order chi connectivity index (χ1) is 6.24. The molecule has 4 heteroatoms. The molecule has 0 spiro atoms. The first-order valence-corrected chi connectivity index (χ1v) is 5.70. The van der Waals surface area contributed by atoms with Crippen LogP contribution in [-0.4, -0.2) is 20.5 Å². The number of ether oxygens (including phenoxy) is 2. The number of rotatable bonds is 3. The van der Waals surface area contributed by atoms with Gasteiger partial charge in [0.15, 0.2) is 0 Å². The van der Waals surface area contributed by atoms with E-state index in [0.717, 1.165) is 20.9 Å². The summed E-state index contributed by atoms with van der Waals surface area (Å²) in [6.07, 6.45) is 2.00. The van der Waals surface area contributed by atoms with E-state index in [-0.39, 0.29) is 0 Å². The lowest BCUT2D eigenvalue weighted by atomic mass is 10.3. The van der Waals surface area contributed by atoms with Crippen LogP contribution in [-0.2, 0) is 0 Å². The molecule has 0 aliphatic heterocycles. The third kappa shape index (κ3) is 2.11. The Bertz CT molecular complexity index is 302. The fourth-order valence-corrected chi connectivity index (χ4v) is 2.64. The van der Waals surface area contributed by atoms with Crippen molar-refractivity contribution in [3.63, 3.8) is 0 Å². The maximum atomic E-state index is 5.21. The van der Waals surface area contributed by atoms with Crippen molar-refractivity contribution >= 4 is 27.7 Å². The van der Waals surface area contributed by atoms with Crippen LogP contribution in [0.1, 0.15) is 0 Å². The highest BCUT2D eigenvalue weighted by atomic mass is 79.9. The summed E-state index contributed by atoms with van der Waals surface area (Å²) in [7, 11) is 3.31. The van der Waals surface area contributed by atoms with E-state index in [0.29, 0.717) is 0 Å². The quantitative estimate of drug-likeness (QED) is 0.780. The van der Waals surface area contributed by atoms with Crippen molar-refractivity contribution in [1.82, 2.24) is 0 Å². The summed E-state index contributed by atoms with van der Waals surface area (Å²) in [6.45, 7) is 0. The first-order valence-electron chi connectivity index (χ1n) is 3.69. The smallest absolute Gasteiger partial charge is 0.134 e. The Morgan fingerprint density at radius 3 is 2.15 bits per heavy atom. The van der Waals surface area contributed by atoms with Gasteiger partial charge in [0.25, 0.3) is 0 Å². The van der Waals surface area contributed by atoms with Crippen molar-refractivity contribution < 1.29 is 9.47 Å². The summed E-state index contributed by atoms with van der Waals surface area (Å²) in [6, 6.07) is 3.78. The molecule has 0 atom stereocenters. The molecule has 0 N–H and O–H groups in total. The molecule has 0 bridgehead atoms. The third-order valence-electron chi connectivity index (χ3n) is 1.67. The Labute approximate surface area is 90.7 Å². The average Bonchev–Trinajstić information content (AvgIpc) is 2.17. The normalized spacial score (nSPS) is 9.85. The molecule has 0 aromatic heterocycles.